The fourth-order valence-corrected chi connectivity index (χ4v) is 4.77. The van der Waals surface area contributed by atoms with Gasteiger partial charge in [0.25, 0.3) is 0 Å². The number of nitrogens with one attached hydrogen (secondary N) is 1. The summed E-state index contributed by atoms with van der Waals surface area (Å²) in [5.74, 6) is 1.35. The summed E-state index contributed by atoms with van der Waals surface area (Å²) in [6, 6.07) is 24.6. The topological polar surface area (TPSA) is 76.5 Å². The van der Waals surface area contributed by atoms with E-state index < -0.39 is 0 Å². The van der Waals surface area contributed by atoms with Gasteiger partial charge in [-0.1, -0.05) is 54.6 Å². The minimum atomic E-state index is 0.569. The van der Waals surface area contributed by atoms with E-state index >= 15 is 0 Å². The van der Waals surface area contributed by atoms with Gasteiger partial charge >= 0.3 is 0 Å². The molecule has 3 heterocycles. The monoisotopic (exact) mass is 446 g/mol. The van der Waals surface area contributed by atoms with Crippen LogP contribution in [0.1, 0.15) is 5.01 Å². The lowest BCUT2D eigenvalue weighted by Gasteiger charge is -2.14. The number of hydrogen-bond acceptors (Lipinski definition) is 7. The number of hydrogen-bond donors (Lipinski definition) is 1. The van der Waals surface area contributed by atoms with E-state index in [9.17, 15) is 0 Å². The van der Waals surface area contributed by atoms with E-state index in [4.69, 9.17) is 15.0 Å². The van der Waals surface area contributed by atoms with E-state index in [0.29, 0.717) is 12.4 Å². The van der Waals surface area contributed by atoms with Crippen molar-refractivity contribution in [2.24, 2.45) is 0 Å². The highest BCUT2D eigenvalue weighted by Gasteiger charge is 2.15. The van der Waals surface area contributed by atoms with Crippen LogP contribution in [0.25, 0.3) is 43.6 Å². The smallest absolute Gasteiger partial charge is 0.165 e. The predicted molar refractivity (Wildman–Crippen MR) is 133 cm³/mol. The second-order valence-corrected chi connectivity index (χ2v) is 8.63. The Bertz CT molecular complexity index is 1530. The van der Waals surface area contributed by atoms with Gasteiger partial charge in [0.2, 0.25) is 0 Å². The van der Waals surface area contributed by atoms with Gasteiger partial charge in [0.1, 0.15) is 17.2 Å². The molecule has 3 aromatic heterocycles. The lowest BCUT2D eigenvalue weighted by molar-refractivity contribution is 1.08. The van der Waals surface area contributed by atoms with Crippen LogP contribution in [-0.4, -0.2) is 24.9 Å². The molecule has 0 saturated heterocycles. The van der Waals surface area contributed by atoms with Crippen LogP contribution in [0.5, 0.6) is 0 Å². The zero-order chi connectivity index (χ0) is 22.0. The lowest BCUT2D eigenvalue weighted by Crippen LogP contribution is -2.05. The average Bonchev–Trinajstić information content (AvgIpc) is 3.31. The summed E-state index contributed by atoms with van der Waals surface area (Å²) < 4.78 is 1.17. The largest absolute Gasteiger partial charge is 0.363 e. The van der Waals surface area contributed by atoms with Crippen molar-refractivity contribution in [2.45, 2.75) is 6.54 Å². The molecule has 0 atom stereocenters. The number of para-hydroxylation sites is 1. The van der Waals surface area contributed by atoms with E-state index in [2.05, 4.69) is 39.6 Å². The molecule has 1 N–H and O–H groups in total. The number of rotatable bonds is 5. The van der Waals surface area contributed by atoms with E-state index in [0.717, 1.165) is 43.9 Å². The highest BCUT2D eigenvalue weighted by Crippen LogP contribution is 2.34. The molecule has 0 amide bonds. The summed E-state index contributed by atoms with van der Waals surface area (Å²) in [5, 5.41) is 5.52. The standard InChI is InChI=1S/C26H18N6S/c1-2-7-17(8-3-1)19-9-6-11-21-24(19)26(32-25(31-21)18-13-27-16-28-14-18)29-15-23-30-20-10-4-5-12-22(20)33-23/h1-14,16H,15H2,(H,29,31,32). The van der Waals surface area contributed by atoms with Gasteiger partial charge in [0, 0.05) is 12.4 Å². The third-order valence-electron chi connectivity index (χ3n) is 5.37. The maximum absolute atomic E-state index is 4.90. The predicted octanol–water partition coefficient (Wildman–Crippen LogP) is 5.98. The maximum atomic E-state index is 4.90. The molecular formula is C26H18N6S. The summed E-state index contributed by atoms with van der Waals surface area (Å²) in [7, 11) is 0. The molecule has 7 heteroatoms. The average molecular weight is 447 g/mol. The summed E-state index contributed by atoms with van der Waals surface area (Å²) in [4.78, 5) is 22.8. The van der Waals surface area contributed by atoms with Crippen molar-refractivity contribution in [1.82, 2.24) is 24.9 Å². The fraction of sp³-hybridized carbons (Fsp3) is 0.0385. The lowest BCUT2D eigenvalue weighted by atomic mass is 10.0. The van der Waals surface area contributed by atoms with E-state index in [1.807, 2.05) is 48.5 Å². The highest BCUT2D eigenvalue weighted by molar-refractivity contribution is 7.18. The number of aromatic nitrogens is 5. The van der Waals surface area contributed by atoms with Gasteiger partial charge in [-0.3, -0.25) is 0 Å². The molecule has 0 aliphatic carbocycles. The van der Waals surface area contributed by atoms with Gasteiger partial charge in [-0.2, -0.15) is 0 Å². The third-order valence-corrected chi connectivity index (χ3v) is 6.41. The van der Waals surface area contributed by atoms with Crippen molar-refractivity contribution < 1.29 is 0 Å². The van der Waals surface area contributed by atoms with Crippen LogP contribution in [0.4, 0.5) is 5.82 Å². The van der Waals surface area contributed by atoms with Crippen LogP contribution in [-0.2, 0) is 6.54 Å². The van der Waals surface area contributed by atoms with Gasteiger partial charge in [-0.25, -0.2) is 24.9 Å². The number of benzene rings is 3. The SMILES string of the molecule is c1ccc(-c2cccc3nc(-c4cncnc4)nc(NCc4nc5ccccc5s4)c23)cc1. The summed E-state index contributed by atoms with van der Waals surface area (Å²) in [6.45, 7) is 0.569. The molecule has 0 aliphatic rings. The molecule has 0 aliphatic heterocycles. The molecular weight excluding hydrogens is 428 g/mol. The molecule has 158 valence electrons. The van der Waals surface area contributed by atoms with E-state index in [1.165, 1.54) is 11.0 Å². The van der Waals surface area contributed by atoms with Gasteiger partial charge < -0.3 is 5.32 Å². The summed E-state index contributed by atoms with van der Waals surface area (Å²) in [5.41, 5.74) is 4.84. The van der Waals surface area contributed by atoms with Gasteiger partial charge in [-0.15, -0.1) is 11.3 Å². The Morgan fingerprint density at radius 1 is 0.697 bits per heavy atom. The Hall–Kier alpha value is -4.23. The van der Waals surface area contributed by atoms with Crippen LogP contribution in [0.15, 0.2) is 91.5 Å². The molecule has 0 fully saturated rings. The van der Waals surface area contributed by atoms with Gasteiger partial charge in [0.15, 0.2) is 5.82 Å². The third kappa shape index (κ3) is 3.79. The highest BCUT2D eigenvalue weighted by atomic mass is 32.1. The molecule has 0 unspecified atom stereocenters. The zero-order valence-corrected chi connectivity index (χ0v) is 18.3. The van der Waals surface area contributed by atoms with Crippen molar-refractivity contribution in [3.05, 3.63) is 96.5 Å². The van der Waals surface area contributed by atoms with Crippen LogP contribution in [0.3, 0.4) is 0 Å². The first kappa shape index (κ1) is 19.5. The molecule has 3 aromatic carbocycles. The van der Waals surface area contributed by atoms with Crippen LogP contribution < -0.4 is 5.32 Å². The van der Waals surface area contributed by atoms with Crippen molar-refractivity contribution in [3.63, 3.8) is 0 Å². The Morgan fingerprint density at radius 2 is 1.48 bits per heavy atom. The maximum Gasteiger partial charge on any atom is 0.165 e. The zero-order valence-electron chi connectivity index (χ0n) is 17.5. The quantitative estimate of drug-likeness (QED) is 0.351. The molecule has 0 radical (unpaired) electrons. The van der Waals surface area contributed by atoms with E-state index in [-0.39, 0.29) is 0 Å². The van der Waals surface area contributed by atoms with E-state index in [1.54, 1.807) is 23.7 Å². The molecule has 0 spiro atoms. The molecule has 33 heavy (non-hydrogen) atoms. The second kappa shape index (κ2) is 8.37. The van der Waals surface area contributed by atoms with Crippen molar-refractivity contribution in [3.8, 4) is 22.5 Å². The van der Waals surface area contributed by atoms with Crippen LogP contribution in [0, 0.1) is 0 Å². The number of anilines is 1. The first-order valence-corrected chi connectivity index (χ1v) is 11.4. The Labute approximate surface area is 194 Å². The Balaban J connectivity index is 1.49. The molecule has 6 aromatic rings. The van der Waals surface area contributed by atoms with Gasteiger partial charge in [-0.05, 0) is 29.3 Å². The van der Waals surface area contributed by atoms with Crippen molar-refractivity contribution >= 4 is 38.3 Å². The normalized spacial score (nSPS) is 11.2. The Kier molecular flexibility index (Phi) is 4.93. The first-order chi connectivity index (χ1) is 16.3. The number of fused-ring (bicyclic) bond motifs is 2. The summed E-state index contributed by atoms with van der Waals surface area (Å²) in [6.07, 6.45) is 4.96. The molecule has 0 bridgehead atoms. The number of thiazole rings is 1. The number of nitrogens with zero attached hydrogens (tertiary/aromatic N) is 5. The van der Waals surface area contributed by atoms with Crippen molar-refractivity contribution in [2.75, 3.05) is 5.32 Å². The van der Waals surface area contributed by atoms with Crippen molar-refractivity contribution in [1.29, 1.82) is 0 Å². The van der Waals surface area contributed by atoms with Crippen LogP contribution in [0.2, 0.25) is 0 Å². The second-order valence-electron chi connectivity index (χ2n) is 7.52. The Morgan fingerprint density at radius 3 is 2.33 bits per heavy atom. The molecule has 6 rings (SSSR count). The fourth-order valence-electron chi connectivity index (χ4n) is 3.87. The van der Waals surface area contributed by atoms with Gasteiger partial charge in [0.05, 0.1) is 33.2 Å². The summed E-state index contributed by atoms with van der Waals surface area (Å²) >= 11 is 1.69. The van der Waals surface area contributed by atoms with Crippen LogP contribution >= 0.6 is 11.3 Å². The first-order valence-electron chi connectivity index (χ1n) is 10.5. The molecule has 6 nitrogen and oxygen atoms in total. The minimum absolute atomic E-state index is 0.569. The molecule has 0 saturated carbocycles. The minimum Gasteiger partial charge on any atom is -0.363 e.